The van der Waals surface area contributed by atoms with Crippen molar-refractivity contribution in [2.45, 2.75) is 44.3 Å². The molecule has 132 valence electrons. The summed E-state index contributed by atoms with van der Waals surface area (Å²) in [5, 5.41) is 19.0. The average molecular weight is 349 g/mol. The summed E-state index contributed by atoms with van der Waals surface area (Å²) >= 11 is 0. The van der Waals surface area contributed by atoms with Crippen LogP contribution in [-0.2, 0) is 6.54 Å². The molecule has 2 fully saturated rings. The van der Waals surface area contributed by atoms with E-state index in [0.29, 0.717) is 23.3 Å². The van der Waals surface area contributed by atoms with Crippen LogP contribution in [0.2, 0.25) is 0 Å². The van der Waals surface area contributed by atoms with Crippen molar-refractivity contribution in [1.82, 2.24) is 30.6 Å². The van der Waals surface area contributed by atoms with Crippen LogP contribution in [0.3, 0.4) is 0 Å². The van der Waals surface area contributed by atoms with E-state index in [9.17, 15) is 4.79 Å². The topological polar surface area (TPSA) is 88.3 Å². The van der Waals surface area contributed by atoms with Gasteiger partial charge in [-0.1, -0.05) is 12.1 Å². The van der Waals surface area contributed by atoms with Gasteiger partial charge in [0.25, 0.3) is 5.91 Å². The molecular weight excluding hydrogens is 330 g/mol. The summed E-state index contributed by atoms with van der Waals surface area (Å²) < 4.78 is 1.45. The van der Waals surface area contributed by atoms with Gasteiger partial charge in [-0.15, -0.1) is 14.8 Å². The normalized spacial score (nSPS) is 16.6. The summed E-state index contributed by atoms with van der Waals surface area (Å²) in [4.78, 5) is 14.4. The van der Waals surface area contributed by atoms with Gasteiger partial charge in [-0.2, -0.15) is 0 Å². The smallest absolute Gasteiger partial charge is 0.251 e. The van der Waals surface area contributed by atoms with E-state index in [1.54, 1.807) is 0 Å². The second-order valence-corrected chi connectivity index (χ2v) is 7.02. The highest BCUT2D eigenvalue weighted by Crippen LogP contribution is 2.32. The van der Waals surface area contributed by atoms with Gasteiger partial charge in [0.1, 0.15) is 0 Å². The van der Waals surface area contributed by atoms with E-state index >= 15 is 0 Å². The lowest BCUT2D eigenvalue weighted by atomic mass is 10.1. The van der Waals surface area contributed by atoms with E-state index in [1.807, 2.05) is 36.4 Å². The number of tetrazole rings is 1. The van der Waals surface area contributed by atoms with Gasteiger partial charge in [-0.05, 0) is 65.9 Å². The second-order valence-electron chi connectivity index (χ2n) is 7.02. The average Bonchev–Trinajstić information content (AvgIpc) is 3.59. The third-order valence-corrected chi connectivity index (χ3v) is 4.82. The van der Waals surface area contributed by atoms with Crippen LogP contribution < -0.4 is 10.2 Å². The summed E-state index contributed by atoms with van der Waals surface area (Å²) in [5.41, 5.74) is 2.50. The molecule has 26 heavy (non-hydrogen) atoms. The summed E-state index contributed by atoms with van der Waals surface area (Å²) in [6.45, 7) is 0.746. The summed E-state index contributed by atoms with van der Waals surface area (Å²) in [5.74, 6) is 0.881. The Labute approximate surface area is 150 Å². The number of carbonyl (C=O) groups excluding carboxylic acids is 1. The highest BCUT2D eigenvalue weighted by molar-refractivity contribution is 5.94. The molecule has 2 saturated carbocycles. The summed E-state index contributed by atoms with van der Waals surface area (Å²) in [7, 11) is 0. The zero-order valence-electron chi connectivity index (χ0n) is 14.2. The predicted octanol–water partition coefficient (Wildman–Crippen LogP) is 1.58. The standard InChI is InChI=1S/C18H19N7O/c26-18(19-14-5-6-14)13-3-1-12(2-4-13)11-24(15-7-8-15)17-10-9-16-20-22-23-25(16)21-17/h1-4,9-10,14-15H,5-8,11H2,(H,19,26). The number of aromatic nitrogens is 5. The zero-order chi connectivity index (χ0) is 17.5. The number of fused-ring (bicyclic) bond motifs is 1. The molecule has 2 aliphatic carbocycles. The van der Waals surface area contributed by atoms with Crippen molar-refractivity contribution in [2.75, 3.05) is 4.90 Å². The molecular formula is C18H19N7O. The fourth-order valence-electron chi connectivity index (χ4n) is 3.03. The molecule has 2 aliphatic rings. The minimum Gasteiger partial charge on any atom is -0.349 e. The fraction of sp³-hybridized carbons (Fsp3) is 0.389. The molecule has 0 unspecified atom stereocenters. The summed E-state index contributed by atoms with van der Waals surface area (Å²) in [6, 6.07) is 12.5. The van der Waals surface area contributed by atoms with Gasteiger partial charge in [0.05, 0.1) is 0 Å². The Kier molecular flexibility index (Phi) is 3.55. The van der Waals surface area contributed by atoms with E-state index in [4.69, 9.17) is 0 Å². The van der Waals surface area contributed by atoms with E-state index in [0.717, 1.165) is 43.6 Å². The fourth-order valence-corrected chi connectivity index (χ4v) is 3.03. The maximum atomic E-state index is 12.1. The van der Waals surface area contributed by atoms with Gasteiger partial charge in [0.15, 0.2) is 11.5 Å². The molecule has 1 N–H and O–H groups in total. The molecule has 0 aliphatic heterocycles. The molecule has 0 bridgehead atoms. The highest BCUT2D eigenvalue weighted by atomic mass is 16.1. The summed E-state index contributed by atoms with van der Waals surface area (Å²) in [6.07, 6.45) is 4.52. The lowest BCUT2D eigenvalue weighted by Crippen LogP contribution is -2.27. The number of anilines is 1. The number of benzene rings is 1. The predicted molar refractivity (Wildman–Crippen MR) is 94.7 cm³/mol. The van der Waals surface area contributed by atoms with Gasteiger partial charge >= 0.3 is 0 Å². The third-order valence-electron chi connectivity index (χ3n) is 4.82. The largest absolute Gasteiger partial charge is 0.349 e. The van der Waals surface area contributed by atoms with Crippen molar-refractivity contribution in [3.05, 3.63) is 47.5 Å². The molecule has 8 heteroatoms. The van der Waals surface area contributed by atoms with Crippen LogP contribution in [0, 0.1) is 0 Å². The Morgan fingerprint density at radius 1 is 1.12 bits per heavy atom. The Morgan fingerprint density at radius 3 is 2.65 bits per heavy atom. The molecule has 3 aromatic rings. The van der Waals surface area contributed by atoms with Crippen LogP contribution in [0.4, 0.5) is 5.82 Å². The molecule has 1 amide bonds. The number of carbonyl (C=O) groups is 1. The van der Waals surface area contributed by atoms with Gasteiger partial charge in [0.2, 0.25) is 0 Å². The quantitative estimate of drug-likeness (QED) is 0.727. The first kappa shape index (κ1) is 15.2. The molecule has 0 radical (unpaired) electrons. The maximum Gasteiger partial charge on any atom is 0.251 e. The van der Waals surface area contributed by atoms with E-state index in [-0.39, 0.29) is 5.91 Å². The van der Waals surface area contributed by atoms with Crippen molar-refractivity contribution in [2.24, 2.45) is 0 Å². The number of amides is 1. The minimum absolute atomic E-state index is 0.0175. The third kappa shape index (κ3) is 3.10. The van der Waals surface area contributed by atoms with Crippen molar-refractivity contribution in [3.63, 3.8) is 0 Å². The molecule has 0 atom stereocenters. The van der Waals surface area contributed by atoms with E-state index in [1.165, 1.54) is 4.63 Å². The van der Waals surface area contributed by atoms with Crippen LogP contribution in [0.5, 0.6) is 0 Å². The molecule has 2 aromatic heterocycles. The Bertz CT molecular complexity index is 944. The van der Waals surface area contributed by atoms with Gasteiger partial charge in [-0.25, -0.2) is 0 Å². The number of hydrogen-bond acceptors (Lipinski definition) is 6. The zero-order valence-corrected chi connectivity index (χ0v) is 14.2. The SMILES string of the molecule is O=C(NC1CC1)c1ccc(CN(c2ccc3nnnn3n2)C2CC2)cc1. The van der Waals surface area contributed by atoms with Crippen molar-refractivity contribution < 1.29 is 4.79 Å². The first-order valence-electron chi connectivity index (χ1n) is 8.98. The van der Waals surface area contributed by atoms with E-state index < -0.39 is 0 Å². The molecule has 0 spiro atoms. The van der Waals surface area contributed by atoms with E-state index in [2.05, 4.69) is 30.8 Å². The van der Waals surface area contributed by atoms with Gasteiger partial charge in [-0.3, -0.25) is 4.79 Å². The molecule has 1 aromatic carbocycles. The monoisotopic (exact) mass is 349 g/mol. The minimum atomic E-state index is 0.0175. The Balaban J connectivity index is 1.34. The molecule has 0 saturated heterocycles. The highest BCUT2D eigenvalue weighted by Gasteiger charge is 2.30. The lowest BCUT2D eigenvalue weighted by Gasteiger charge is -2.23. The van der Waals surface area contributed by atoms with Crippen molar-refractivity contribution >= 4 is 17.4 Å². The van der Waals surface area contributed by atoms with Crippen LogP contribution >= 0.6 is 0 Å². The number of rotatable bonds is 6. The van der Waals surface area contributed by atoms with Crippen molar-refractivity contribution in [3.8, 4) is 0 Å². The molecule has 5 rings (SSSR count). The number of nitrogens with one attached hydrogen (secondary N) is 1. The first-order valence-corrected chi connectivity index (χ1v) is 8.98. The lowest BCUT2D eigenvalue weighted by molar-refractivity contribution is 0.0951. The number of hydrogen-bond donors (Lipinski definition) is 1. The number of nitrogens with zero attached hydrogens (tertiary/aromatic N) is 6. The second kappa shape index (κ2) is 6.05. The molecule has 2 heterocycles. The van der Waals surface area contributed by atoms with Crippen LogP contribution in [-0.4, -0.2) is 43.2 Å². The molecule has 8 nitrogen and oxygen atoms in total. The Hall–Kier alpha value is -3.03. The first-order chi connectivity index (χ1) is 12.8. The van der Waals surface area contributed by atoms with Crippen LogP contribution in [0.1, 0.15) is 41.6 Å². The van der Waals surface area contributed by atoms with Crippen LogP contribution in [0.25, 0.3) is 5.65 Å². The van der Waals surface area contributed by atoms with Crippen molar-refractivity contribution in [1.29, 1.82) is 0 Å². The van der Waals surface area contributed by atoms with Gasteiger partial charge in [0, 0.05) is 24.2 Å². The maximum absolute atomic E-state index is 12.1. The van der Waals surface area contributed by atoms with Crippen LogP contribution in [0.15, 0.2) is 36.4 Å². The Morgan fingerprint density at radius 2 is 1.92 bits per heavy atom. The van der Waals surface area contributed by atoms with Gasteiger partial charge < -0.3 is 10.2 Å².